The first-order valence-electron chi connectivity index (χ1n) is 11.1. The fraction of sp³-hybridized carbons (Fsp3) is 0.480. The van der Waals surface area contributed by atoms with Crippen LogP contribution in [0, 0.1) is 0 Å². The van der Waals surface area contributed by atoms with E-state index in [0.29, 0.717) is 6.04 Å². The van der Waals surface area contributed by atoms with Gasteiger partial charge in [-0.2, -0.15) is 0 Å². The summed E-state index contributed by atoms with van der Waals surface area (Å²) >= 11 is 0. The van der Waals surface area contributed by atoms with Crippen LogP contribution in [0.2, 0.25) is 0 Å². The van der Waals surface area contributed by atoms with Crippen molar-refractivity contribution in [3.8, 4) is 5.75 Å². The van der Waals surface area contributed by atoms with Crippen molar-refractivity contribution in [2.45, 2.75) is 32.0 Å². The van der Waals surface area contributed by atoms with Gasteiger partial charge >= 0.3 is 0 Å². The molecule has 2 aromatic rings. The number of nitrogens with zero attached hydrogens (tertiary/aromatic N) is 3. The van der Waals surface area contributed by atoms with Gasteiger partial charge in [-0.1, -0.05) is 36.4 Å². The van der Waals surface area contributed by atoms with Gasteiger partial charge in [0.15, 0.2) is 5.96 Å². The average Bonchev–Trinajstić information content (AvgIpc) is 3.30. The van der Waals surface area contributed by atoms with E-state index in [4.69, 9.17) is 4.74 Å². The molecule has 0 aliphatic carbocycles. The molecule has 1 atom stereocenters. The zero-order valence-electron chi connectivity index (χ0n) is 19.8. The Balaban J connectivity index is 0.00000363. The number of ether oxygens (including phenoxy) is 1. The Bertz CT molecular complexity index is 852. The van der Waals surface area contributed by atoms with Crippen LogP contribution in [0.1, 0.15) is 35.6 Å². The number of nitrogens with one attached hydrogen (secondary N) is 2. The minimum Gasteiger partial charge on any atom is -0.497 e. The molecule has 2 aromatic carbocycles. The second kappa shape index (κ2) is 13.6. The molecule has 1 fully saturated rings. The Morgan fingerprint density at radius 3 is 2.47 bits per heavy atom. The molecule has 2 N–H and O–H groups in total. The highest BCUT2D eigenvalue weighted by molar-refractivity contribution is 14.0. The van der Waals surface area contributed by atoms with Gasteiger partial charge in [-0.25, -0.2) is 0 Å². The van der Waals surface area contributed by atoms with Crippen LogP contribution in [0.3, 0.4) is 0 Å². The topological polar surface area (TPSA) is 52.1 Å². The molecule has 32 heavy (non-hydrogen) atoms. The van der Waals surface area contributed by atoms with E-state index in [0.717, 1.165) is 44.4 Å². The van der Waals surface area contributed by atoms with Gasteiger partial charge in [0.25, 0.3) is 0 Å². The molecule has 1 unspecified atom stereocenters. The first-order chi connectivity index (χ1) is 15.1. The molecule has 1 aliphatic rings. The van der Waals surface area contributed by atoms with Gasteiger partial charge in [0.2, 0.25) is 0 Å². The SMILES string of the molecule is CN=C(NCc1cccc(CN(C)C)c1)NCC(c1cccc(OC)c1)N1CCCC1.I. The zero-order valence-corrected chi connectivity index (χ0v) is 22.1. The Hall–Kier alpha value is -1.84. The van der Waals surface area contributed by atoms with Crippen molar-refractivity contribution in [1.29, 1.82) is 0 Å². The van der Waals surface area contributed by atoms with E-state index in [2.05, 4.69) is 82.0 Å². The second-order valence-electron chi connectivity index (χ2n) is 8.40. The number of guanidine groups is 1. The second-order valence-corrected chi connectivity index (χ2v) is 8.40. The number of hydrogen-bond donors (Lipinski definition) is 2. The van der Waals surface area contributed by atoms with E-state index in [1.807, 2.05) is 13.1 Å². The molecule has 1 aliphatic heterocycles. The molecule has 0 spiro atoms. The maximum atomic E-state index is 5.46. The van der Waals surface area contributed by atoms with Crippen molar-refractivity contribution in [2.24, 2.45) is 4.99 Å². The number of rotatable bonds is 9. The summed E-state index contributed by atoms with van der Waals surface area (Å²) in [6.45, 7) is 4.75. The van der Waals surface area contributed by atoms with E-state index in [9.17, 15) is 0 Å². The third-order valence-corrected chi connectivity index (χ3v) is 5.70. The van der Waals surface area contributed by atoms with Gasteiger partial charge in [-0.15, -0.1) is 24.0 Å². The number of benzene rings is 2. The lowest BCUT2D eigenvalue weighted by Gasteiger charge is -2.29. The smallest absolute Gasteiger partial charge is 0.191 e. The summed E-state index contributed by atoms with van der Waals surface area (Å²) in [5, 5.41) is 7.02. The van der Waals surface area contributed by atoms with Crippen LogP contribution in [-0.4, -0.2) is 63.6 Å². The van der Waals surface area contributed by atoms with E-state index < -0.39 is 0 Å². The summed E-state index contributed by atoms with van der Waals surface area (Å²) in [4.78, 5) is 9.18. The average molecular weight is 552 g/mol. The predicted octanol–water partition coefficient (Wildman–Crippen LogP) is 3.88. The van der Waals surface area contributed by atoms with Crippen LogP contribution in [0.4, 0.5) is 0 Å². The summed E-state index contributed by atoms with van der Waals surface area (Å²) in [6.07, 6.45) is 2.52. The van der Waals surface area contributed by atoms with Gasteiger partial charge in [0.1, 0.15) is 5.75 Å². The molecule has 0 saturated carbocycles. The fourth-order valence-corrected chi connectivity index (χ4v) is 4.16. The molecule has 7 heteroatoms. The van der Waals surface area contributed by atoms with Gasteiger partial charge in [-0.3, -0.25) is 9.89 Å². The van der Waals surface area contributed by atoms with Crippen molar-refractivity contribution >= 4 is 29.9 Å². The fourth-order valence-electron chi connectivity index (χ4n) is 4.16. The highest BCUT2D eigenvalue weighted by Crippen LogP contribution is 2.27. The van der Waals surface area contributed by atoms with Crippen molar-refractivity contribution in [3.05, 3.63) is 65.2 Å². The third-order valence-electron chi connectivity index (χ3n) is 5.70. The summed E-state index contributed by atoms with van der Waals surface area (Å²) in [6, 6.07) is 17.4. The number of halogens is 1. The molecule has 0 radical (unpaired) electrons. The van der Waals surface area contributed by atoms with Gasteiger partial charge in [-0.05, 0) is 68.8 Å². The molecular weight excluding hydrogens is 513 g/mol. The van der Waals surface area contributed by atoms with Gasteiger partial charge < -0.3 is 20.3 Å². The molecule has 1 saturated heterocycles. The summed E-state index contributed by atoms with van der Waals surface area (Å²) in [7, 11) is 7.74. The highest BCUT2D eigenvalue weighted by Gasteiger charge is 2.24. The van der Waals surface area contributed by atoms with Crippen LogP contribution in [0.25, 0.3) is 0 Å². The molecule has 176 valence electrons. The van der Waals surface area contributed by atoms with Crippen molar-refractivity contribution in [1.82, 2.24) is 20.4 Å². The molecular formula is C25H38IN5O. The quantitative estimate of drug-likeness (QED) is 0.282. The predicted molar refractivity (Wildman–Crippen MR) is 144 cm³/mol. The highest BCUT2D eigenvalue weighted by atomic mass is 127. The lowest BCUT2D eigenvalue weighted by molar-refractivity contribution is 0.245. The van der Waals surface area contributed by atoms with Gasteiger partial charge in [0, 0.05) is 26.7 Å². The summed E-state index contributed by atoms with van der Waals surface area (Å²) < 4.78 is 5.46. The van der Waals surface area contributed by atoms with E-state index in [1.165, 1.54) is 29.5 Å². The molecule has 0 aromatic heterocycles. The van der Waals surface area contributed by atoms with E-state index in [-0.39, 0.29) is 24.0 Å². The summed E-state index contributed by atoms with van der Waals surface area (Å²) in [5.41, 5.74) is 3.85. The molecule has 0 amide bonds. The lowest BCUT2D eigenvalue weighted by atomic mass is 10.1. The van der Waals surface area contributed by atoms with E-state index in [1.54, 1.807) is 7.11 Å². The Labute approximate surface area is 210 Å². The molecule has 6 nitrogen and oxygen atoms in total. The van der Waals surface area contributed by atoms with Crippen LogP contribution in [0.15, 0.2) is 53.5 Å². The van der Waals surface area contributed by atoms with E-state index >= 15 is 0 Å². The van der Waals surface area contributed by atoms with Crippen molar-refractivity contribution < 1.29 is 4.74 Å². The molecule has 3 rings (SSSR count). The number of methoxy groups -OCH3 is 1. The largest absolute Gasteiger partial charge is 0.497 e. The molecule has 1 heterocycles. The number of hydrogen-bond acceptors (Lipinski definition) is 4. The van der Waals surface area contributed by atoms with Crippen LogP contribution >= 0.6 is 24.0 Å². The Morgan fingerprint density at radius 1 is 1.06 bits per heavy atom. The maximum Gasteiger partial charge on any atom is 0.191 e. The normalized spacial score (nSPS) is 15.3. The monoisotopic (exact) mass is 551 g/mol. The standard InChI is InChI=1S/C25H37N5O.HI/c1-26-25(27-17-20-9-7-10-21(15-20)19-29(2)3)28-18-24(30-13-5-6-14-30)22-11-8-12-23(16-22)31-4;/h7-12,15-16,24H,5-6,13-14,17-19H2,1-4H3,(H2,26,27,28);1H. The van der Waals surface area contributed by atoms with Crippen LogP contribution < -0.4 is 15.4 Å². The van der Waals surface area contributed by atoms with Crippen LogP contribution in [-0.2, 0) is 13.1 Å². The number of aliphatic imine (C=N–C) groups is 1. The Kier molecular flexibility index (Phi) is 11.3. The van der Waals surface area contributed by atoms with Crippen molar-refractivity contribution in [3.63, 3.8) is 0 Å². The van der Waals surface area contributed by atoms with Gasteiger partial charge in [0.05, 0.1) is 13.2 Å². The first kappa shape index (κ1) is 26.4. The zero-order chi connectivity index (χ0) is 22.1. The third kappa shape index (κ3) is 7.94. The van der Waals surface area contributed by atoms with Crippen LogP contribution in [0.5, 0.6) is 5.75 Å². The molecule has 0 bridgehead atoms. The minimum absolute atomic E-state index is 0. The van der Waals surface area contributed by atoms with Crippen molar-refractivity contribution in [2.75, 3.05) is 47.9 Å². The minimum atomic E-state index is 0. The lowest BCUT2D eigenvalue weighted by Crippen LogP contribution is -2.42. The Morgan fingerprint density at radius 2 is 1.78 bits per heavy atom. The number of likely N-dealkylation sites (tertiary alicyclic amines) is 1. The maximum absolute atomic E-state index is 5.46. The first-order valence-corrected chi connectivity index (χ1v) is 11.1. The summed E-state index contributed by atoms with van der Waals surface area (Å²) in [5.74, 6) is 1.73.